The molecule has 0 unspecified atom stereocenters. The van der Waals surface area contributed by atoms with Gasteiger partial charge in [0.05, 0.1) is 11.8 Å². The van der Waals surface area contributed by atoms with Crippen molar-refractivity contribution in [3.05, 3.63) is 53.1 Å². The molecule has 2 aliphatic rings. The van der Waals surface area contributed by atoms with E-state index >= 15 is 0 Å². The Hall–Kier alpha value is -2.14. The fraction of sp³-hybridized carbons (Fsp3) is 0.381. The average molecular weight is 369 g/mol. The first kappa shape index (κ1) is 17.3. The number of carbonyl (C=O) groups is 1. The quantitative estimate of drug-likeness (QED) is 0.812. The Morgan fingerprint density at radius 3 is 2.77 bits per heavy atom. The molecular formula is C21H23NO3S. The molecule has 0 bridgehead atoms. The van der Waals surface area contributed by atoms with E-state index in [0.29, 0.717) is 19.0 Å². The van der Waals surface area contributed by atoms with Crippen molar-refractivity contribution in [3.8, 4) is 11.5 Å². The number of carbonyl (C=O) groups excluding carboxylic acids is 1. The molecule has 0 saturated carbocycles. The number of rotatable bonds is 5. The van der Waals surface area contributed by atoms with Gasteiger partial charge in [-0.2, -0.15) is 0 Å². The molecule has 0 aromatic heterocycles. The monoisotopic (exact) mass is 369 g/mol. The summed E-state index contributed by atoms with van der Waals surface area (Å²) in [7, 11) is 0. The van der Waals surface area contributed by atoms with E-state index in [0.717, 1.165) is 23.5 Å². The molecule has 136 valence electrons. The number of nitrogens with one attached hydrogen (secondary N) is 1. The van der Waals surface area contributed by atoms with Gasteiger partial charge in [-0.05, 0) is 67.1 Å². The summed E-state index contributed by atoms with van der Waals surface area (Å²) in [4.78, 5) is 13.5. The van der Waals surface area contributed by atoms with E-state index in [2.05, 4.69) is 23.5 Å². The van der Waals surface area contributed by atoms with Crippen molar-refractivity contribution < 1.29 is 14.3 Å². The van der Waals surface area contributed by atoms with Gasteiger partial charge in [0, 0.05) is 4.90 Å². The topological polar surface area (TPSA) is 47.6 Å². The number of aryl methyl sites for hydroxylation is 2. The Kier molecular flexibility index (Phi) is 5.07. The van der Waals surface area contributed by atoms with Crippen LogP contribution in [0.25, 0.3) is 0 Å². The number of benzene rings is 2. The number of hydrogen-bond donors (Lipinski definition) is 1. The molecule has 4 nitrogen and oxygen atoms in total. The molecule has 1 aliphatic heterocycles. The number of hydrogen-bond acceptors (Lipinski definition) is 4. The van der Waals surface area contributed by atoms with Crippen molar-refractivity contribution in [2.75, 3.05) is 19.0 Å². The predicted molar refractivity (Wildman–Crippen MR) is 103 cm³/mol. The molecule has 0 fully saturated rings. The van der Waals surface area contributed by atoms with Gasteiger partial charge >= 0.3 is 0 Å². The average Bonchev–Trinajstić information content (AvgIpc) is 3.13. The third-order valence-corrected chi connectivity index (χ3v) is 5.88. The van der Waals surface area contributed by atoms with E-state index in [9.17, 15) is 4.79 Å². The number of amides is 1. The molecule has 0 radical (unpaired) electrons. The second kappa shape index (κ2) is 7.62. The van der Waals surface area contributed by atoms with Crippen LogP contribution in [0.1, 0.15) is 36.1 Å². The number of thioether (sulfide) groups is 1. The van der Waals surface area contributed by atoms with Crippen molar-refractivity contribution in [1.82, 2.24) is 5.32 Å². The van der Waals surface area contributed by atoms with Crippen LogP contribution < -0.4 is 14.8 Å². The van der Waals surface area contributed by atoms with Gasteiger partial charge in [0.15, 0.2) is 11.5 Å². The molecule has 0 spiro atoms. The molecule has 1 amide bonds. The zero-order valence-corrected chi connectivity index (χ0v) is 15.7. The van der Waals surface area contributed by atoms with E-state index in [4.69, 9.17) is 9.47 Å². The molecule has 1 heterocycles. The van der Waals surface area contributed by atoms with Gasteiger partial charge in [0.25, 0.3) is 0 Å². The molecule has 4 rings (SSSR count). The van der Waals surface area contributed by atoms with E-state index in [1.165, 1.54) is 28.9 Å². The lowest BCUT2D eigenvalue weighted by Gasteiger charge is -2.21. The molecule has 26 heavy (non-hydrogen) atoms. The van der Waals surface area contributed by atoms with Crippen LogP contribution in [0.5, 0.6) is 11.5 Å². The summed E-state index contributed by atoms with van der Waals surface area (Å²) in [6.07, 6.45) is 3.60. The first-order valence-electron chi connectivity index (χ1n) is 9.12. The zero-order chi connectivity index (χ0) is 17.9. The molecule has 0 saturated heterocycles. The minimum atomic E-state index is -0.0704. The largest absolute Gasteiger partial charge is 0.486 e. The molecular weight excluding hydrogens is 346 g/mol. The van der Waals surface area contributed by atoms with Crippen LogP contribution in [0.15, 0.2) is 41.3 Å². The summed E-state index contributed by atoms with van der Waals surface area (Å²) in [6.45, 7) is 3.14. The standard InChI is InChI=1S/C21H23NO3S/c1-14(16-6-8-19-20(12-16)25-10-9-24-19)22-21(23)13-26-18-7-5-15-3-2-4-17(15)11-18/h5-8,11-12,14H,2-4,9-10,13H2,1H3,(H,22,23)/t14-/m0/s1. The van der Waals surface area contributed by atoms with E-state index in [1.54, 1.807) is 11.8 Å². The minimum absolute atomic E-state index is 0.0397. The van der Waals surface area contributed by atoms with Gasteiger partial charge in [-0.1, -0.05) is 12.1 Å². The maximum atomic E-state index is 12.3. The minimum Gasteiger partial charge on any atom is -0.486 e. The number of fused-ring (bicyclic) bond motifs is 2. The van der Waals surface area contributed by atoms with E-state index < -0.39 is 0 Å². The lowest BCUT2D eigenvalue weighted by molar-refractivity contribution is -0.119. The third kappa shape index (κ3) is 3.83. The first-order valence-corrected chi connectivity index (χ1v) is 10.1. The molecule has 2 aromatic rings. The van der Waals surface area contributed by atoms with E-state index in [1.807, 2.05) is 25.1 Å². The summed E-state index contributed by atoms with van der Waals surface area (Å²) in [6, 6.07) is 12.3. The summed E-state index contributed by atoms with van der Waals surface area (Å²) in [5.74, 6) is 1.99. The number of ether oxygens (including phenoxy) is 2. The highest BCUT2D eigenvalue weighted by Gasteiger charge is 2.16. The Balaban J connectivity index is 1.33. The van der Waals surface area contributed by atoms with Crippen LogP contribution in [0.4, 0.5) is 0 Å². The Morgan fingerprint density at radius 2 is 1.88 bits per heavy atom. The fourth-order valence-corrected chi connectivity index (χ4v) is 4.25. The van der Waals surface area contributed by atoms with Crippen molar-refractivity contribution in [2.45, 2.75) is 37.1 Å². The van der Waals surface area contributed by atoms with Gasteiger partial charge in [0.2, 0.25) is 5.91 Å². The summed E-state index contributed by atoms with van der Waals surface area (Å²) in [5, 5.41) is 3.07. The Labute approximate surface area is 158 Å². The predicted octanol–water partition coefficient (Wildman–Crippen LogP) is 3.92. The zero-order valence-electron chi connectivity index (χ0n) is 14.9. The SMILES string of the molecule is C[C@H](NC(=O)CSc1ccc2c(c1)CCC2)c1ccc2c(c1)OCCO2. The summed E-state index contributed by atoms with van der Waals surface area (Å²) >= 11 is 1.60. The van der Waals surface area contributed by atoms with Crippen molar-refractivity contribution in [2.24, 2.45) is 0 Å². The lowest BCUT2D eigenvalue weighted by Crippen LogP contribution is -2.28. The fourth-order valence-electron chi connectivity index (χ4n) is 3.48. The summed E-state index contributed by atoms with van der Waals surface area (Å²) < 4.78 is 11.2. The summed E-state index contributed by atoms with van der Waals surface area (Å²) in [5.41, 5.74) is 3.93. The highest BCUT2D eigenvalue weighted by Crippen LogP contribution is 2.32. The van der Waals surface area contributed by atoms with Crippen LogP contribution in [0, 0.1) is 0 Å². The second-order valence-electron chi connectivity index (χ2n) is 6.77. The van der Waals surface area contributed by atoms with Crippen molar-refractivity contribution >= 4 is 17.7 Å². The van der Waals surface area contributed by atoms with Crippen molar-refractivity contribution in [3.63, 3.8) is 0 Å². The highest BCUT2D eigenvalue weighted by atomic mass is 32.2. The lowest BCUT2D eigenvalue weighted by atomic mass is 10.1. The Bertz CT molecular complexity index is 821. The maximum Gasteiger partial charge on any atom is 0.230 e. The van der Waals surface area contributed by atoms with Gasteiger partial charge in [-0.15, -0.1) is 11.8 Å². The maximum absolute atomic E-state index is 12.3. The molecule has 1 atom stereocenters. The smallest absolute Gasteiger partial charge is 0.230 e. The second-order valence-corrected chi connectivity index (χ2v) is 7.81. The van der Waals surface area contributed by atoms with Crippen LogP contribution in [0.3, 0.4) is 0 Å². The van der Waals surface area contributed by atoms with Gasteiger partial charge in [-0.3, -0.25) is 4.79 Å². The van der Waals surface area contributed by atoms with Gasteiger partial charge in [-0.25, -0.2) is 0 Å². The first-order chi connectivity index (χ1) is 12.7. The van der Waals surface area contributed by atoms with Gasteiger partial charge in [0.1, 0.15) is 13.2 Å². The van der Waals surface area contributed by atoms with Crippen LogP contribution in [0.2, 0.25) is 0 Å². The molecule has 1 aliphatic carbocycles. The van der Waals surface area contributed by atoms with Crippen LogP contribution in [-0.4, -0.2) is 24.9 Å². The molecule has 2 aromatic carbocycles. The van der Waals surface area contributed by atoms with Crippen LogP contribution in [-0.2, 0) is 17.6 Å². The van der Waals surface area contributed by atoms with Crippen molar-refractivity contribution in [1.29, 1.82) is 0 Å². The highest BCUT2D eigenvalue weighted by molar-refractivity contribution is 8.00. The molecule has 1 N–H and O–H groups in total. The van der Waals surface area contributed by atoms with E-state index in [-0.39, 0.29) is 11.9 Å². The molecule has 5 heteroatoms. The third-order valence-electron chi connectivity index (χ3n) is 4.88. The van der Waals surface area contributed by atoms with Crippen LogP contribution >= 0.6 is 11.8 Å². The Morgan fingerprint density at radius 1 is 1.08 bits per heavy atom. The van der Waals surface area contributed by atoms with Gasteiger partial charge < -0.3 is 14.8 Å². The normalized spacial score (nSPS) is 16.0.